The SMILES string of the molecule is O=C(O)C1CCCC1C(=O)NCC1Cc2ccccc2O1. The molecule has 0 spiro atoms. The molecular weight excluding hydrogens is 270 g/mol. The highest BCUT2D eigenvalue weighted by Gasteiger charge is 2.38. The molecule has 0 bridgehead atoms. The van der Waals surface area contributed by atoms with Crippen molar-refractivity contribution in [2.24, 2.45) is 11.8 Å². The van der Waals surface area contributed by atoms with Crippen LogP contribution in [-0.2, 0) is 16.0 Å². The van der Waals surface area contributed by atoms with Crippen LogP contribution in [0.15, 0.2) is 24.3 Å². The van der Waals surface area contributed by atoms with Crippen LogP contribution in [0.3, 0.4) is 0 Å². The van der Waals surface area contributed by atoms with E-state index in [9.17, 15) is 9.59 Å². The third-order valence-electron chi connectivity index (χ3n) is 4.39. The van der Waals surface area contributed by atoms with E-state index in [-0.39, 0.29) is 12.0 Å². The standard InChI is InChI=1S/C16H19NO4/c18-15(12-5-3-6-13(12)16(19)20)17-9-11-8-10-4-1-2-7-14(10)21-11/h1-2,4,7,11-13H,3,5-6,8-9H2,(H,17,18)(H,19,20). The number of hydrogen-bond acceptors (Lipinski definition) is 3. The van der Waals surface area contributed by atoms with E-state index in [0.29, 0.717) is 19.4 Å². The number of para-hydroxylation sites is 1. The quantitative estimate of drug-likeness (QED) is 0.883. The van der Waals surface area contributed by atoms with Gasteiger partial charge in [0, 0.05) is 6.42 Å². The number of carboxylic acids is 1. The second-order valence-corrected chi connectivity index (χ2v) is 5.78. The van der Waals surface area contributed by atoms with E-state index in [4.69, 9.17) is 9.84 Å². The summed E-state index contributed by atoms with van der Waals surface area (Å²) < 4.78 is 5.76. The monoisotopic (exact) mass is 289 g/mol. The third kappa shape index (κ3) is 2.86. The average Bonchev–Trinajstić information content (AvgIpc) is 3.10. The molecule has 1 amide bonds. The minimum absolute atomic E-state index is 0.0592. The maximum absolute atomic E-state index is 12.2. The van der Waals surface area contributed by atoms with Gasteiger partial charge in [0.05, 0.1) is 18.4 Å². The number of hydrogen-bond donors (Lipinski definition) is 2. The van der Waals surface area contributed by atoms with E-state index in [0.717, 1.165) is 24.2 Å². The fraction of sp³-hybridized carbons (Fsp3) is 0.500. The number of carboxylic acid groups (broad SMARTS) is 1. The number of amides is 1. The second-order valence-electron chi connectivity index (χ2n) is 5.78. The molecule has 1 aliphatic carbocycles. The molecule has 3 unspecified atom stereocenters. The molecule has 2 aliphatic rings. The first-order valence-electron chi connectivity index (χ1n) is 7.40. The van der Waals surface area contributed by atoms with Crippen LogP contribution >= 0.6 is 0 Å². The minimum Gasteiger partial charge on any atom is -0.488 e. The molecule has 5 heteroatoms. The molecule has 1 aromatic rings. The zero-order valence-electron chi connectivity index (χ0n) is 11.7. The van der Waals surface area contributed by atoms with Crippen LogP contribution in [0.2, 0.25) is 0 Å². The molecule has 1 aliphatic heterocycles. The van der Waals surface area contributed by atoms with E-state index in [1.165, 1.54) is 0 Å². The Morgan fingerprint density at radius 3 is 2.76 bits per heavy atom. The smallest absolute Gasteiger partial charge is 0.307 e. The number of benzene rings is 1. The molecule has 5 nitrogen and oxygen atoms in total. The van der Waals surface area contributed by atoms with Crippen molar-refractivity contribution in [2.45, 2.75) is 31.8 Å². The third-order valence-corrected chi connectivity index (χ3v) is 4.39. The zero-order chi connectivity index (χ0) is 14.8. The average molecular weight is 289 g/mol. The van der Waals surface area contributed by atoms with Crippen molar-refractivity contribution in [1.29, 1.82) is 0 Å². The molecule has 1 aromatic carbocycles. The van der Waals surface area contributed by atoms with Crippen molar-refractivity contribution < 1.29 is 19.4 Å². The molecule has 0 aromatic heterocycles. The Kier molecular flexibility index (Phi) is 3.82. The van der Waals surface area contributed by atoms with Gasteiger partial charge in [-0.2, -0.15) is 0 Å². The first-order valence-corrected chi connectivity index (χ1v) is 7.40. The Bertz CT molecular complexity index is 532. The Hall–Kier alpha value is -2.04. The van der Waals surface area contributed by atoms with E-state index >= 15 is 0 Å². The van der Waals surface area contributed by atoms with Crippen LogP contribution in [0.5, 0.6) is 5.75 Å². The van der Waals surface area contributed by atoms with Gasteiger partial charge in [0.2, 0.25) is 5.91 Å². The number of nitrogens with one attached hydrogen (secondary N) is 1. The van der Waals surface area contributed by atoms with E-state index < -0.39 is 17.8 Å². The number of rotatable bonds is 4. The summed E-state index contributed by atoms with van der Waals surface area (Å²) in [7, 11) is 0. The Morgan fingerprint density at radius 1 is 1.24 bits per heavy atom. The minimum atomic E-state index is -0.864. The molecule has 0 radical (unpaired) electrons. The van der Waals surface area contributed by atoms with Gasteiger partial charge in [-0.3, -0.25) is 9.59 Å². The predicted molar refractivity (Wildman–Crippen MR) is 76.0 cm³/mol. The van der Waals surface area contributed by atoms with Crippen LogP contribution < -0.4 is 10.1 Å². The highest BCUT2D eigenvalue weighted by atomic mass is 16.5. The van der Waals surface area contributed by atoms with Gasteiger partial charge in [0.25, 0.3) is 0 Å². The van der Waals surface area contributed by atoms with Gasteiger partial charge in [0.1, 0.15) is 11.9 Å². The summed E-state index contributed by atoms with van der Waals surface area (Å²) >= 11 is 0. The van der Waals surface area contributed by atoms with Gasteiger partial charge >= 0.3 is 5.97 Å². The molecule has 21 heavy (non-hydrogen) atoms. The van der Waals surface area contributed by atoms with Crippen molar-refractivity contribution in [1.82, 2.24) is 5.32 Å². The molecule has 0 saturated heterocycles. The lowest BCUT2D eigenvalue weighted by Gasteiger charge is -2.17. The fourth-order valence-corrected chi connectivity index (χ4v) is 3.28. The zero-order valence-corrected chi connectivity index (χ0v) is 11.7. The van der Waals surface area contributed by atoms with Gasteiger partial charge in [-0.25, -0.2) is 0 Å². The van der Waals surface area contributed by atoms with E-state index in [1.54, 1.807) is 0 Å². The first-order chi connectivity index (χ1) is 10.1. The molecule has 1 fully saturated rings. The van der Waals surface area contributed by atoms with Crippen molar-refractivity contribution in [3.63, 3.8) is 0 Å². The summed E-state index contributed by atoms with van der Waals surface area (Å²) in [6.07, 6.45) is 2.79. The highest BCUT2D eigenvalue weighted by Crippen LogP contribution is 2.32. The lowest BCUT2D eigenvalue weighted by atomic mass is 9.95. The molecule has 2 N–H and O–H groups in total. The Morgan fingerprint density at radius 2 is 2.00 bits per heavy atom. The summed E-state index contributed by atoms with van der Waals surface area (Å²) in [5.74, 6) is -1.07. The van der Waals surface area contributed by atoms with Crippen molar-refractivity contribution in [3.8, 4) is 5.75 Å². The largest absolute Gasteiger partial charge is 0.488 e. The molecule has 112 valence electrons. The van der Waals surface area contributed by atoms with E-state index in [2.05, 4.69) is 5.32 Å². The maximum Gasteiger partial charge on any atom is 0.307 e. The Balaban J connectivity index is 1.52. The number of fused-ring (bicyclic) bond motifs is 1. The van der Waals surface area contributed by atoms with Gasteiger partial charge in [-0.1, -0.05) is 24.6 Å². The fourth-order valence-electron chi connectivity index (χ4n) is 3.28. The first kappa shape index (κ1) is 13.9. The lowest BCUT2D eigenvalue weighted by Crippen LogP contribution is -2.40. The summed E-state index contributed by atoms with van der Waals surface area (Å²) in [5.41, 5.74) is 1.15. The number of aliphatic carboxylic acids is 1. The van der Waals surface area contributed by atoms with Crippen molar-refractivity contribution in [2.75, 3.05) is 6.54 Å². The van der Waals surface area contributed by atoms with Crippen LogP contribution in [0.25, 0.3) is 0 Å². The van der Waals surface area contributed by atoms with Crippen LogP contribution in [0, 0.1) is 11.8 Å². The number of carbonyl (C=O) groups excluding carboxylic acids is 1. The highest BCUT2D eigenvalue weighted by molar-refractivity contribution is 5.85. The number of carbonyl (C=O) groups is 2. The predicted octanol–water partition coefficient (Wildman–Crippen LogP) is 1.61. The molecule has 1 saturated carbocycles. The van der Waals surface area contributed by atoms with Crippen LogP contribution in [0.4, 0.5) is 0 Å². The van der Waals surface area contributed by atoms with Crippen molar-refractivity contribution >= 4 is 11.9 Å². The van der Waals surface area contributed by atoms with Crippen molar-refractivity contribution in [3.05, 3.63) is 29.8 Å². The van der Waals surface area contributed by atoms with Gasteiger partial charge in [-0.15, -0.1) is 0 Å². The normalized spacial score (nSPS) is 27.0. The summed E-state index contributed by atoms with van der Waals surface area (Å²) in [6, 6.07) is 7.85. The Labute approximate surface area is 123 Å². The summed E-state index contributed by atoms with van der Waals surface area (Å²) in [5, 5.41) is 12.0. The summed E-state index contributed by atoms with van der Waals surface area (Å²) in [6.45, 7) is 0.427. The second kappa shape index (κ2) is 5.76. The number of ether oxygens (including phenoxy) is 1. The lowest BCUT2D eigenvalue weighted by molar-refractivity contribution is -0.146. The molecular formula is C16H19NO4. The molecule has 1 heterocycles. The maximum atomic E-state index is 12.2. The topological polar surface area (TPSA) is 75.6 Å². The van der Waals surface area contributed by atoms with Crippen LogP contribution in [0.1, 0.15) is 24.8 Å². The summed E-state index contributed by atoms with van der Waals surface area (Å²) in [4.78, 5) is 23.3. The molecule has 3 atom stereocenters. The molecule has 3 rings (SSSR count). The van der Waals surface area contributed by atoms with E-state index in [1.807, 2.05) is 24.3 Å². The van der Waals surface area contributed by atoms with Gasteiger partial charge < -0.3 is 15.2 Å². The van der Waals surface area contributed by atoms with Crippen LogP contribution in [-0.4, -0.2) is 29.6 Å². The van der Waals surface area contributed by atoms with Gasteiger partial charge in [0.15, 0.2) is 0 Å². The van der Waals surface area contributed by atoms with Gasteiger partial charge in [-0.05, 0) is 24.5 Å².